The second kappa shape index (κ2) is 10.3. The van der Waals surface area contributed by atoms with Crippen molar-refractivity contribution in [1.82, 2.24) is 10.6 Å². The zero-order valence-electron chi connectivity index (χ0n) is 9.27. The summed E-state index contributed by atoms with van der Waals surface area (Å²) in [5.41, 5.74) is 0. The molecule has 0 aliphatic rings. The van der Waals surface area contributed by atoms with Crippen molar-refractivity contribution in [2.75, 3.05) is 26.8 Å². The third-order valence-corrected chi connectivity index (χ3v) is 1.88. The number of rotatable bonds is 8. The van der Waals surface area contributed by atoms with Gasteiger partial charge in [0.05, 0.1) is 0 Å². The number of carbonyl (C=O) groups is 1. The van der Waals surface area contributed by atoms with Crippen LogP contribution in [0.1, 0.15) is 32.6 Å². The molecule has 0 spiro atoms. The fourth-order valence-electron chi connectivity index (χ4n) is 1.06. The first-order chi connectivity index (χ1) is 6.81. The van der Waals surface area contributed by atoms with Crippen LogP contribution in [-0.2, 0) is 4.74 Å². The van der Waals surface area contributed by atoms with Gasteiger partial charge in [-0.25, -0.2) is 4.79 Å². The number of ether oxygens (including phenoxy) is 1. The molecule has 14 heavy (non-hydrogen) atoms. The van der Waals surface area contributed by atoms with Crippen LogP contribution in [0, 0.1) is 0 Å². The van der Waals surface area contributed by atoms with Crippen molar-refractivity contribution in [2.24, 2.45) is 0 Å². The van der Waals surface area contributed by atoms with Gasteiger partial charge in [0, 0.05) is 26.8 Å². The summed E-state index contributed by atoms with van der Waals surface area (Å²) in [6.45, 7) is 4.28. The Hall–Kier alpha value is -0.770. The molecule has 0 aliphatic carbocycles. The highest BCUT2D eigenvalue weighted by Crippen LogP contribution is 1.90. The molecule has 0 saturated carbocycles. The smallest absolute Gasteiger partial charge is 0.314 e. The standard InChI is InChI=1S/C10H22N2O2/c1-3-4-5-7-11-10(13)12-8-6-9-14-2/h3-9H2,1-2H3,(H2,11,12,13). The largest absolute Gasteiger partial charge is 0.385 e. The van der Waals surface area contributed by atoms with E-state index in [-0.39, 0.29) is 6.03 Å². The second-order valence-corrected chi connectivity index (χ2v) is 3.24. The van der Waals surface area contributed by atoms with Crippen molar-refractivity contribution in [3.05, 3.63) is 0 Å². The molecular weight excluding hydrogens is 180 g/mol. The van der Waals surface area contributed by atoms with Gasteiger partial charge in [-0.2, -0.15) is 0 Å². The predicted octanol–water partition coefficient (Wildman–Crippen LogP) is 1.51. The van der Waals surface area contributed by atoms with Crippen LogP contribution in [0.25, 0.3) is 0 Å². The molecule has 0 atom stereocenters. The molecule has 84 valence electrons. The van der Waals surface area contributed by atoms with Crippen LogP contribution in [0.4, 0.5) is 4.79 Å². The van der Waals surface area contributed by atoms with Crippen molar-refractivity contribution >= 4 is 6.03 Å². The number of methoxy groups -OCH3 is 1. The van der Waals surface area contributed by atoms with Gasteiger partial charge in [-0.3, -0.25) is 0 Å². The highest BCUT2D eigenvalue weighted by Gasteiger charge is 1.97. The molecule has 2 amide bonds. The van der Waals surface area contributed by atoms with Gasteiger partial charge in [0.1, 0.15) is 0 Å². The maximum absolute atomic E-state index is 11.1. The molecule has 0 heterocycles. The Bertz CT molecular complexity index is 126. The molecule has 4 heteroatoms. The van der Waals surface area contributed by atoms with E-state index in [0.29, 0.717) is 13.2 Å². The summed E-state index contributed by atoms with van der Waals surface area (Å²) in [7, 11) is 1.66. The molecule has 0 unspecified atom stereocenters. The molecule has 4 nitrogen and oxygen atoms in total. The predicted molar refractivity (Wildman–Crippen MR) is 57.4 cm³/mol. The Labute approximate surface area is 86.4 Å². The van der Waals surface area contributed by atoms with Crippen molar-refractivity contribution < 1.29 is 9.53 Å². The third kappa shape index (κ3) is 9.32. The topological polar surface area (TPSA) is 50.4 Å². The Morgan fingerprint density at radius 1 is 1.14 bits per heavy atom. The molecule has 0 bridgehead atoms. The first-order valence-electron chi connectivity index (χ1n) is 5.32. The molecule has 0 fully saturated rings. The third-order valence-electron chi connectivity index (χ3n) is 1.88. The van der Waals surface area contributed by atoms with Crippen LogP contribution in [0.15, 0.2) is 0 Å². The molecule has 0 aromatic carbocycles. The van der Waals surface area contributed by atoms with Crippen LogP contribution in [0.3, 0.4) is 0 Å². The highest BCUT2D eigenvalue weighted by molar-refractivity contribution is 5.73. The van der Waals surface area contributed by atoms with Crippen LogP contribution in [-0.4, -0.2) is 32.8 Å². The van der Waals surface area contributed by atoms with E-state index < -0.39 is 0 Å². The summed E-state index contributed by atoms with van der Waals surface area (Å²) in [4.78, 5) is 11.1. The maximum atomic E-state index is 11.1. The highest BCUT2D eigenvalue weighted by atomic mass is 16.5. The van der Waals surface area contributed by atoms with Gasteiger partial charge in [0.15, 0.2) is 0 Å². The minimum absolute atomic E-state index is 0.0720. The fourth-order valence-corrected chi connectivity index (χ4v) is 1.06. The van der Waals surface area contributed by atoms with Gasteiger partial charge < -0.3 is 15.4 Å². The van der Waals surface area contributed by atoms with E-state index in [4.69, 9.17) is 4.74 Å². The average Bonchev–Trinajstić information content (AvgIpc) is 2.19. The average molecular weight is 202 g/mol. The lowest BCUT2D eigenvalue weighted by Crippen LogP contribution is -2.36. The van der Waals surface area contributed by atoms with Gasteiger partial charge in [0.2, 0.25) is 0 Å². The summed E-state index contributed by atoms with van der Waals surface area (Å²) >= 11 is 0. The summed E-state index contributed by atoms with van der Waals surface area (Å²) in [5.74, 6) is 0. The summed E-state index contributed by atoms with van der Waals surface area (Å²) in [6.07, 6.45) is 4.27. The zero-order valence-corrected chi connectivity index (χ0v) is 9.27. The zero-order chi connectivity index (χ0) is 10.6. The molecule has 0 aromatic rings. The Morgan fingerprint density at radius 3 is 2.36 bits per heavy atom. The number of urea groups is 1. The monoisotopic (exact) mass is 202 g/mol. The van der Waals surface area contributed by atoms with Gasteiger partial charge in [-0.1, -0.05) is 19.8 Å². The van der Waals surface area contributed by atoms with E-state index in [1.807, 2.05) is 0 Å². The Kier molecular flexibility index (Phi) is 9.74. The number of unbranched alkanes of at least 4 members (excludes halogenated alkanes) is 2. The van der Waals surface area contributed by atoms with E-state index >= 15 is 0 Å². The summed E-state index contributed by atoms with van der Waals surface area (Å²) in [6, 6.07) is -0.0720. The number of amides is 2. The Balaban J connectivity index is 3.11. The molecule has 0 aliphatic heterocycles. The summed E-state index contributed by atoms with van der Waals surface area (Å²) < 4.78 is 4.87. The molecule has 0 radical (unpaired) electrons. The number of hydrogen-bond acceptors (Lipinski definition) is 2. The van der Waals surface area contributed by atoms with Crippen molar-refractivity contribution in [3.8, 4) is 0 Å². The second-order valence-electron chi connectivity index (χ2n) is 3.24. The first kappa shape index (κ1) is 13.2. The molecule has 0 saturated heterocycles. The minimum Gasteiger partial charge on any atom is -0.385 e. The lowest BCUT2D eigenvalue weighted by Gasteiger charge is -2.06. The summed E-state index contributed by atoms with van der Waals surface area (Å²) in [5, 5.41) is 5.57. The minimum atomic E-state index is -0.0720. The van der Waals surface area contributed by atoms with Gasteiger partial charge >= 0.3 is 6.03 Å². The van der Waals surface area contributed by atoms with E-state index in [9.17, 15) is 4.79 Å². The first-order valence-corrected chi connectivity index (χ1v) is 5.32. The SMILES string of the molecule is CCCCCNC(=O)NCCCOC. The number of nitrogens with one attached hydrogen (secondary N) is 2. The Morgan fingerprint density at radius 2 is 1.79 bits per heavy atom. The van der Waals surface area contributed by atoms with Crippen LogP contribution in [0.5, 0.6) is 0 Å². The van der Waals surface area contributed by atoms with Gasteiger partial charge in [-0.05, 0) is 12.8 Å². The van der Waals surface area contributed by atoms with E-state index in [0.717, 1.165) is 19.4 Å². The van der Waals surface area contributed by atoms with Gasteiger partial charge in [0.25, 0.3) is 0 Å². The lowest BCUT2D eigenvalue weighted by molar-refractivity contribution is 0.193. The lowest BCUT2D eigenvalue weighted by atomic mass is 10.2. The van der Waals surface area contributed by atoms with Crippen LogP contribution < -0.4 is 10.6 Å². The normalized spacial score (nSPS) is 9.86. The number of hydrogen-bond donors (Lipinski definition) is 2. The molecular formula is C10H22N2O2. The van der Waals surface area contributed by atoms with E-state index in [1.165, 1.54) is 12.8 Å². The molecule has 0 rings (SSSR count). The van der Waals surface area contributed by atoms with Crippen molar-refractivity contribution in [1.29, 1.82) is 0 Å². The van der Waals surface area contributed by atoms with Crippen molar-refractivity contribution in [2.45, 2.75) is 32.6 Å². The number of carbonyl (C=O) groups excluding carboxylic acids is 1. The van der Waals surface area contributed by atoms with Crippen molar-refractivity contribution in [3.63, 3.8) is 0 Å². The molecule has 0 aromatic heterocycles. The van der Waals surface area contributed by atoms with Crippen LogP contribution >= 0.6 is 0 Å². The molecule has 2 N–H and O–H groups in total. The van der Waals surface area contributed by atoms with Crippen LogP contribution in [0.2, 0.25) is 0 Å². The maximum Gasteiger partial charge on any atom is 0.314 e. The van der Waals surface area contributed by atoms with E-state index in [2.05, 4.69) is 17.6 Å². The fraction of sp³-hybridized carbons (Fsp3) is 0.900. The van der Waals surface area contributed by atoms with E-state index in [1.54, 1.807) is 7.11 Å². The quantitative estimate of drug-likeness (QED) is 0.586. The van der Waals surface area contributed by atoms with Gasteiger partial charge in [-0.15, -0.1) is 0 Å².